The molecule has 3 aromatic heterocycles. The van der Waals surface area contributed by atoms with E-state index in [0.29, 0.717) is 17.4 Å². The predicted octanol–water partition coefficient (Wildman–Crippen LogP) is 17.8. The standard InChI is InChI=1S/C23H22F3NO2.C13H14N2O3.C13H16N2O.C7H5ClN2O3.C7H5NO3.C7H7NO/c1-2-3-7-20-15-22(27-29-20)17-11-9-16(10-12-17)13-19(28)14-18-6-4-5-8-21(18)23(24,25)26;1-2-3-4-12-9-13(14-18-12)10-5-7-11(8-6-10)15(16)17;1-2-3-4-12-9-13(15-16-12)10-5-7-11(14)8-6-10;8-7(9-11)5-1-3-6(4-2-5)10(12)13;9-5-6-1-3-7(4-2-6)8(10)11;9-8-6-7-4-2-1-3-5-7/h4-6,8-12,15H,2-3,7,13-14H2,1H3;5-9H,2-4H2,1H3;5-9H,2-4,14H2,1H3;1-4,11H;1-5H;1-6,9H/b;;;9-7-;;8-6+. The molecule has 0 saturated carbocycles. The number of nitrogens with zero attached hydrogens (tertiary/aromatic N) is 8. The van der Waals surface area contributed by atoms with Crippen molar-refractivity contribution in [2.24, 2.45) is 10.3 Å². The summed E-state index contributed by atoms with van der Waals surface area (Å²) < 4.78 is 55.0. The minimum Gasteiger partial charge on any atom is -0.411 e. The van der Waals surface area contributed by atoms with E-state index in [2.05, 4.69) is 46.6 Å². The van der Waals surface area contributed by atoms with Gasteiger partial charge in [-0.25, -0.2) is 0 Å². The molecular weight excluding hydrogens is 1270 g/mol. The van der Waals surface area contributed by atoms with Crippen molar-refractivity contribution in [1.82, 2.24) is 15.5 Å². The van der Waals surface area contributed by atoms with E-state index in [1.165, 1.54) is 85.1 Å². The van der Waals surface area contributed by atoms with Gasteiger partial charge in [0.25, 0.3) is 17.1 Å². The van der Waals surface area contributed by atoms with E-state index in [-0.39, 0.29) is 46.4 Å². The van der Waals surface area contributed by atoms with Crippen LogP contribution in [0.4, 0.5) is 35.9 Å². The van der Waals surface area contributed by atoms with Crippen molar-refractivity contribution < 1.29 is 61.5 Å². The number of carbonyl (C=O) groups is 2. The number of hydrogen-bond acceptors (Lipinski definition) is 19. The van der Waals surface area contributed by atoms with E-state index >= 15 is 0 Å². The monoisotopic (exact) mass is 1340 g/mol. The lowest BCUT2D eigenvalue weighted by atomic mass is 9.98. The number of nitrogen functional groups attached to an aromatic ring is 1. The van der Waals surface area contributed by atoms with Crippen LogP contribution in [0.25, 0.3) is 33.8 Å². The minimum atomic E-state index is -4.47. The summed E-state index contributed by atoms with van der Waals surface area (Å²) in [6.07, 6.45) is 6.64. The molecule has 500 valence electrons. The molecule has 0 unspecified atom stereocenters. The van der Waals surface area contributed by atoms with Gasteiger partial charge in [-0.05, 0) is 90.6 Å². The smallest absolute Gasteiger partial charge is 0.411 e. The number of aldehydes is 1. The first-order valence-corrected chi connectivity index (χ1v) is 30.3. The van der Waals surface area contributed by atoms with Crippen molar-refractivity contribution in [1.29, 1.82) is 0 Å². The zero-order chi connectivity index (χ0) is 69.8. The largest absolute Gasteiger partial charge is 0.416 e. The number of aryl methyl sites for hydroxylation is 3. The third-order valence-electron chi connectivity index (χ3n) is 13.6. The van der Waals surface area contributed by atoms with Crippen LogP contribution < -0.4 is 5.73 Å². The summed E-state index contributed by atoms with van der Waals surface area (Å²) in [5.41, 5.74) is 13.3. The lowest BCUT2D eigenvalue weighted by Gasteiger charge is -2.12. The molecule has 0 amide bonds. The highest BCUT2D eigenvalue weighted by Crippen LogP contribution is 2.33. The number of nitro benzene ring substituents is 3. The van der Waals surface area contributed by atoms with Crippen LogP contribution in [-0.2, 0) is 43.1 Å². The Bertz CT molecular complexity index is 4070. The summed E-state index contributed by atoms with van der Waals surface area (Å²) in [7, 11) is 0. The maximum Gasteiger partial charge on any atom is 0.416 e. The van der Waals surface area contributed by atoms with E-state index in [0.717, 1.165) is 132 Å². The van der Waals surface area contributed by atoms with Gasteiger partial charge in [0.05, 0.1) is 26.5 Å². The predicted molar refractivity (Wildman–Crippen MR) is 358 cm³/mol. The Balaban J connectivity index is 0.000000218. The molecule has 96 heavy (non-hydrogen) atoms. The van der Waals surface area contributed by atoms with Crippen molar-refractivity contribution in [3.05, 3.63) is 275 Å². The van der Waals surface area contributed by atoms with Gasteiger partial charge in [-0.15, -0.1) is 0 Å². The number of benzene rings is 7. The molecule has 22 nitrogen and oxygen atoms in total. The van der Waals surface area contributed by atoms with Gasteiger partial charge >= 0.3 is 6.18 Å². The first kappa shape index (κ1) is 75.3. The highest BCUT2D eigenvalue weighted by atomic mass is 35.5. The van der Waals surface area contributed by atoms with Crippen molar-refractivity contribution in [2.45, 2.75) is 97.6 Å². The zero-order valence-electron chi connectivity index (χ0n) is 52.5. The molecule has 7 aromatic carbocycles. The van der Waals surface area contributed by atoms with E-state index in [4.69, 9.17) is 41.3 Å². The van der Waals surface area contributed by atoms with Crippen LogP contribution in [0.2, 0.25) is 0 Å². The highest BCUT2D eigenvalue weighted by Gasteiger charge is 2.33. The van der Waals surface area contributed by atoms with Crippen molar-refractivity contribution >= 4 is 57.8 Å². The molecule has 0 spiro atoms. The zero-order valence-corrected chi connectivity index (χ0v) is 53.2. The minimum absolute atomic E-state index is 0.00354. The fourth-order valence-electron chi connectivity index (χ4n) is 8.47. The quantitative estimate of drug-likeness (QED) is 0.0142. The fraction of sp³-hybridized carbons (Fsp3) is 0.214. The molecule has 26 heteroatoms. The van der Waals surface area contributed by atoms with Gasteiger partial charge in [0.2, 0.25) is 0 Å². The number of hydrogen-bond donors (Lipinski definition) is 3. The molecule has 4 N–H and O–H groups in total. The number of Topliss-reactive ketones (excluding diaryl/α,β-unsaturated/α-hetero) is 1. The maximum absolute atomic E-state index is 13.1. The lowest BCUT2D eigenvalue weighted by Crippen LogP contribution is -2.13. The number of halogens is 4. The van der Waals surface area contributed by atoms with E-state index < -0.39 is 26.5 Å². The van der Waals surface area contributed by atoms with E-state index in [1.807, 2.05) is 84.9 Å². The van der Waals surface area contributed by atoms with Crippen LogP contribution in [0.15, 0.2) is 218 Å². The summed E-state index contributed by atoms with van der Waals surface area (Å²) in [6, 6.07) is 52.4. The summed E-state index contributed by atoms with van der Waals surface area (Å²) in [5.74, 6) is 2.38. The van der Waals surface area contributed by atoms with E-state index in [9.17, 15) is 53.1 Å². The number of alkyl halides is 3. The van der Waals surface area contributed by atoms with Crippen LogP contribution in [0.3, 0.4) is 0 Å². The average molecular weight is 1340 g/mol. The van der Waals surface area contributed by atoms with Gasteiger partial charge in [0, 0.05) is 120 Å². The van der Waals surface area contributed by atoms with Crippen LogP contribution in [0.1, 0.15) is 115 Å². The second-order valence-electron chi connectivity index (χ2n) is 20.8. The van der Waals surface area contributed by atoms with Gasteiger partial charge < -0.3 is 29.7 Å². The number of non-ortho nitro benzene ring substituents is 3. The summed E-state index contributed by atoms with van der Waals surface area (Å²) >= 11 is 5.45. The Hall–Kier alpha value is -11.5. The molecule has 3 heterocycles. The molecule has 0 saturated heterocycles. The summed E-state index contributed by atoms with van der Waals surface area (Å²) in [6.45, 7) is 6.39. The molecule has 0 aliphatic rings. The number of oxime groups is 2. The number of carbonyl (C=O) groups excluding carboxylic acids is 2. The first-order valence-electron chi connectivity index (χ1n) is 30.0. The lowest BCUT2D eigenvalue weighted by molar-refractivity contribution is -0.385. The van der Waals surface area contributed by atoms with Crippen molar-refractivity contribution in [2.75, 3.05) is 5.73 Å². The first-order chi connectivity index (χ1) is 46.2. The normalized spacial score (nSPS) is 10.8. The maximum atomic E-state index is 13.1. The van der Waals surface area contributed by atoms with Gasteiger partial charge in [0.15, 0.2) is 5.17 Å². The number of aromatic nitrogens is 3. The van der Waals surface area contributed by atoms with Crippen molar-refractivity contribution in [3.63, 3.8) is 0 Å². The third-order valence-corrected chi connectivity index (χ3v) is 13.9. The fourth-order valence-corrected chi connectivity index (χ4v) is 8.59. The van der Waals surface area contributed by atoms with Crippen LogP contribution in [0, 0.1) is 30.3 Å². The summed E-state index contributed by atoms with van der Waals surface area (Å²) in [5, 5.41) is 64.9. The Kier molecular flexibility index (Phi) is 31.2. The van der Waals surface area contributed by atoms with Gasteiger partial charge in [-0.1, -0.05) is 162 Å². The molecule has 0 fully saturated rings. The molecular formula is C70H69ClF3N9O13. The molecule has 0 aliphatic carbocycles. The molecule has 0 atom stereocenters. The number of unbranched alkanes of at least 4 members (excludes halogenated alkanes) is 3. The molecule has 0 bridgehead atoms. The number of nitrogens with two attached hydrogens (primary N) is 1. The molecule has 0 aliphatic heterocycles. The van der Waals surface area contributed by atoms with Gasteiger partial charge in [-0.2, -0.15) is 13.2 Å². The Morgan fingerprint density at radius 2 is 0.948 bits per heavy atom. The highest BCUT2D eigenvalue weighted by molar-refractivity contribution is 6.69. The second kappa shape index (κ2) is 39.8. The molecule has 10 aromatic rings. The molecule has 0 radical (unpaired) electrons. The van der Waals surface area contributed by atoms with Crippen LogP contribution in [-0.4, -0.2) is 64.1 Å². The number of ketones is 1. The topological polar surface area (TPSA) is 333 Å². The van der Waals surface area contributed by atoms with E-state index in [1.54, 1.807) is 24.3 Å². The Morgan fingerprint density at radius 1 is 0.552 bits per heavy atom. The Labute approximate surface area is 555 Å². The number of rotatable bonds is 22. The SMILES string of the molecule is CCCCc1cc(-c2ccc(CC(=O)Cc3ccccc3C(F)(F)F)cc2)no1.CCCCc1cc(-c2ccc(N)cc2)no1.CCCCc1cc(-c2ccc([N+](=O)[O-])cc2)no1.O/N=C/c1ccccc1.O=Cc1ccc([N+](=O)[O-])cc1.O=[N+]([O-])c1ccc(/C(Cl)=N/O)cc1. The van der Waals surface area contributed by atoms with Gasteiger partial charge in [-0.3, -0.25) is 39.9 Å². The number of anilines is 1. The number of nitro groups is 3. The molecule has 10 rings (SSSR count). The summed E-state index contributed by atoms with van der Waals surface area (Å²) in [4.78, 5) is 51.9. The second-order valence-corrected chi connectivity index (χ2v) is 21.2. The third kappa shape index (κ3) is 25.9. The van der Waals surface area contributed by atoms with Crippen LogP contribution >= 0.6 is 11.6 Å². The average Bonchev–Trinajstić information content (AvgIpc) is 1.07. The Morgan fingerprint density at radius 3 is 1.34 bits per heavy atom. The van der Waals surface area contributed by atoms with Crippen molar-refractivity contribution in [3.8, 4) is 33.8 Å². The van der Waals surface area contributed by atoms with Crippen LogP contribution in [0.5, 0.6) is 0 Å². The van der Waals surface area contributed by atoms with Gasteiger partial charge in [0.1, 0.15) is 46.4 Å².